The standard InChI is InChI=1S/C23H22F3N3O3/c1-2-28(22(32)14-5-6-14)11-15-4-3-9-27-21(15)18-12-29(13-20(30)31)19-8-7-16(10-17(18)19)23(24,25)26/h3-4,7-10,12,14H,2,5-6,11,13H2,1H3,(H,30,31). The van der Waals surface area contributed by atoms with E-state index in [9.17, 15) is 27.9 Å². The minimum absolute atomic E-state index is 0.0434. The molecule has 2 aromatic heterocycles. The molecule has 1 N–H and O–H groups in total. The van der Waals surface area contributed by atoms with Gasteiger partial charge in [0.1, 0.15) is 6.54 Å². The topological polar surface area (TPSA) is 75.4 Å². The molecule has 0 radical (unpaired) electrons. The third-order valence-corrected chi connectivity index (χ3v) is 5.64. The Balaban J connectivity index is 1.83. The van der Waals surface area contributed by atoms with Gasteiger partial charge in [-0.1, -0.05) is 6.07 Å². The Morgan fingerprint density at radius 3 is 2.62 bits per heavy atom. The second-order valence-electron chi connectivity index (χ2n) is 7.93. The number of carboxylic acids is 1. The molecule has 0 aliphatic heterocycles. The fourth-order valence-electron chi connectivity index (χ4n) is 3.89. The second-order valence-corrected chi connectivity index (χ2v) is 7.93. The van der Waals surface area contributed by atoms with Crippen LogP contribution in [0.1, 0.15) is 30.9 Å². The van der Waals surface area contributed by atoms with E-state index in [4.69, 9.17) is 0 Å². The molecule has 1 aliphatic carbocycles. The summed E-state index contributed by atoms with van der Waals surface area (Å²) in [6.07, 6.45) is 0.259. The van der Waals surface area contributed by atoms with E-state index in [1.54, 1.807) is 17.0 Å². The molecular weight excluding hydrogens is 423 g/mol. The van der Waals surface area contributed by atoms with Crippen LogP contribution in [-0.2, 0) is 28.9 Å². The second kappa shape index (κ2) is 8.29. The molecule has 6 nitrogen and oxygen atoms in total. The van der Waals surface area contributed by atoms with Crippen LogP contribution in [0.25, 0.3) is 22.2 Å². The highest BCUT2D eigenvalue weighted by atomic mass is 19.4. The zero-order valence-electron chi connectivity index (χ0n) is 17.4. The Bertz CT molecular complexity index is 1180. The van der Waals surface area contributed by atoms with Crippen molar-refractivity contribution in [2.75, 3.05) is 6.54 Å². The average Bonchev–Trinajstić information content (AvgIpc) is 3.54. The third kappa shape index (κ3) is 4.32. The zero-order chi connectivity index (χ0) is 23.0. The number of aliphatic carboxylic acids is 1. The van der Waals surface area contributed by atoms with E-state index in [1.165, 1.54) is 23.0 Å². The zero-order valence-corrected chi connectivity index (χ0v) is 17.4. The summed E-state index contributed by atoms with van der Waals surface area (Å²) in [5.41, 5.74) is 1.07. The van der Waals surface area contributed by atoms with Gasteiger partial charge in [-0.05, 0) is 49.6 Å². The number of fused-ring (bicyclic) bond motifs is 1. The predicted octanol–water partition coefficient (Wildman–Crippen LogP) is 4.57. The number of amides is 1. The largest absolute Gasteiger partial charge is 0.480 e. The van der Waals surface area contributed by atoms with Crippen molar-refractivity contribution in [2.45, 2.75) is 39.0 Å². The first-order valence-electron chi connectivity index (χ1n) is 10.3. The van der Waals surface area contributed by atoms with Crippen LogP contribution in [0.3, 0.4) is 0 Å². The van der Waals surface area contributed by atoms with E-state index in [-0.39, 0.29) is 23.8 Å². The minimum Gasteiger partial charge on any atom is -0.480 e. The van der Waals surface area contributed by atoms with Gasteiger partial charge in [-0.2, -0.15) is 13.2 Å². The van der Waals surface area contributed by atoms with Crippen molar-refractivity contribution in [1.82, 2.24) is 14.5 Å². The van der Waals surface area contributed by atoms with E-state index < -0.39 is 24.3 Å². The van der Waals surface area contributed by atoms with Crippen molar-refractivity contribution in [3.8, 4) is 11.3 Å². The summed E-state index contributed by atoms with van der Waals surface area (Å²) in [6, 6.07) is 6.75. The van der Waals surface area contributed by atoms with Crippen molar-refractivity contribution < 1.29 is 27.9 Å². The molecule has 0 spiro atoms. The highest BCUT2D eigenvalue weighted by molar-refractivity contribution is 5.97. The number of benzene rings is 1. The number of nitrogens with zero attached hydrogens (tertiary/aromatic N) is 3. The van der Waals surface area contributed by atoms with Gasteiger partial charge in [-0.15, -0.1) is 0 Å². The summed E-state index contributed by atoms with van der Waals surface area (Å²) in [5, 5.41) is 9.52. The number of carboxylic acid groups (broad SMARTS) is 1. The maximum atomic E-state index is 13.4. The maximum absolute atomic E-state index is 13.4. The molecule has 3 aromatic rings. The summed E-state index contributed by atoms with van der Waals surface area (Å²) >= 11 is 0. The van der Waals surface area contributed by atoms with Crippen LogP contribution >= 0.6 is 0 Å². The number of hydrogen-bond acceptors (Lipinski definition) is 3. The molecular formula is C23H22F3N3O3. The fraction of sp³-hybridized carbons (Fsp3) is 0.348. The Kier molecular flexibility index (Phi) is 5.66. The molecule has 1 saturated carbocycles. The number of carbonyl (C=O) groups is 2. The van der Waals surface area contributed by atoms with Gasteiger partial charge in [-0.25, -0.2) is 0 Å². The smallest absolute Gasteiger partial charge is 0.416 e. The SMILES string of the molecule is CCN(Cc1cccnc1-c1cn(CC(=O)O)c2ccc(C(F)(F)F)cc12)C(=O)C1CC1. The van der Waals surface area contributed by atoms with Gasteiger partial charge in [0.15, 0.2) is 0 Å². The van der Waals surface area contributed by atoms with Gasteiger partial charge < -0.3 is 14.6 Å². The predicted molar refractivity (Wildman–Crippen MR) is 112 cm³/mol. The van der Waals surface area contributed by atoms with Crippen LogP contribution in [0.15, 0.2) is 42.7 Å². The van der Waals surface area contributed by atoms with Gasteiger partial charge in [0, 0.05) is 47.9 Å². The van der Waals surface area contributed by atoms with E-state index in [1.807, 2.05) is 6.92 Å². The lowest BCUT2D eigenvalue weighted by molar-refractivity contribution is -0.138. The average molecular weight is 445 g/mol. The van der Waals surface area contributed by atoms with Crippen molar-refractivity contribution in [3.63, 3.8) is 0 Å². The van der Waals surface area contributed by atoms with Crippen LogP contribution < -0.4 is 0 Å². The summed E-state index contributed by atoms with van der Waals surface area (Å²) < 4.78 is 41.5. The molecule has 9 heteroatoms. The Labute approximate surface area is 182 Å². The van der Waals surface area contributed by atoms with Gasteiger partial charge in [0.25, 0.3) is 0 Å². The van der Waals surface area contributed by atoms with Crippen LogP contribution in [0.4, 0.5) is 13.2 Å². The number of carbonyl (C=O) groups excluding carboxylic acids is 1. The highest BCUT2D eigenvalue weighted by Gasteiger charge is 2.34. The normalized spacial score (nSPS) is 14.0. The lowest BCUT2D eigenvalue weighted by Gasteiger charge is -2.22. The molecule has 1 aliphatic rings. The van der Waals surface area contributed by atoms with Gasteiger partial charge in [0.2, 0.25) is 5.91 Å². The Morgan fingerprint density at radius 2 is 2.00 bits per heavy atom. The monoisotopic (exact) mass is 445 g/mol. The third-order valence-electron chi connectivity index (χ3n) is 5.64. The van der Waals surface area contributed by atoms with E-state index in [2.05, 4.69) is 4.98 Å². The first-order chi connectivity index (χ1) is 15.2. The number of pyridine rings is 1. The highest BCUT2D eigenvalue weighted by Crippen LogP contribution is 2.37. The van der Waals surface area contributed by atoms with Crippen molar-refractivity contribution in [3.05, 3.63) is 53.9 Å². The number of hydrogen-bond donors (Lipinski definition) is 1. The minimum atomic E-state index is -4.54. The summed E-state index contributed by atoms with van der Waals surface area (Å²) in [5.74, 6) is -1.00. The molecule has 32 heavy (non-hydrogen) atoms. The van der Waals surface area contributed by atoms with Gasteiger partial charge in [0.05, 0.1) is 11.3 Å². The summed E-state index contributed by atoms with van der Waals surface area (Å²) in [6.45, 7) is 2.26. The van der Waals surface area contributed by atoms with Crippen molar-refractivity contribution in [1.29, 1.82) is 0 Å². The number of aromatic nitrogens is 2. The number of alkyl halides is 3. The molecule has 0 atom stereocenters. The lowest BCUT2D eigenvalue weighted by Crippen LogP contribution is -2.31. The molecule has 1 aromatic carbocycles. The molecule has 2 heterocycles. The summed E-state index contributed by atoms with van der Waals surface area (Å²) in [7, 11) is 0. The first-order valence-corrected chi connectivity index (χ1v) is 10.3. The number of halogens is 3. The molecule has 0 unspecified atom stereocenters. The quantitative estimate of drug-likeness (QED) is 0.578. The first kappa shape index (κ1) is 21.9. The Hall–Kier alpha value is -3.36. The van der Waals surface area contributed by atoms with Gasteiger partial charge >= 0.3 is 12.1 Å². The summed E-state index contributed by atoms with van der Waals surface area (Å²) in [4.78, 5) is 30.0. The molecule has 0 bridgehead atoms. The fourth-order valence-corrected chi connectivity index (χ4v) is 3.89. The van der Waals surface area contributed by atoms with Crippen LogP contribution in [0, 0.1) is 5.92 Å². The molecule has 168 valence electrons. The Morgan fingerprint density at radius 1 is 1.25 bits per heavy atom. The van der Waals surface area contributed by atoms with Crippen molar-refractivity contribution in [2.24, 2.45) is 5.92 Å². The van der Waals surface area contributed by atoms with E-state index in [0.717, 1.165) is 25.0 Å². The molecule has 0 saturated heterocycles. The maximum Gasteiger partial charge on any atom is 0.416 e. The van der Waals surface area contributed by atoms with E-state index in [0.29, 0.717) is 28.9 Å². The molecule has 1 fully saturated rings. The van der Waals surface area contributed by atoms with Crippen LogP contribution in [0.5, 0.6) is 0 Å². The van der Waals surface area contributed by atoms with E-state index >= 15 is 0 Å². The van der Waals surface area contributed by atoms with Crippen LogP contribution in [-0.4, -0.2) is 38.0 Å². The van der Waals surface area contributed by atoms with Crippen molar-refractivity contribution >= 4 is 22.8 Å². The molecule has 1 amide bonds. The lowest BCUT2D eigenvalue weighted by atomic mass is 10.0. The number of rotatable bonds is 7. The van der Waals surface area contributed by atoms with Gasteiger partial charge in [-0.3, -0.25) is 14.6 Å². The van der Waals surface area contributed by atoms with Crippen LogP contribution in [0.2, 0.25) is 0 Å². The molecule has 4 rings (SSSR count).